The summed E-state index contributed by atoms with van der Waals surface area (Å²) < 4.78 is 22.2. The van der Waals surface area contributed by atoms with Crippen molar-refractivity contribution in [1.29, 1.82) is 0 Å². The van der Waals surface area contributed by atoms with Gasteiger partial charge in [-0.05, 0) is 44.5 Å². The molecule has 0 bridgehead atoms. The molecule has 0 saturated carbocycles. The van der Waals surface area contributed by atoms with E-state index in [1.54, 1.807) is 21.3 Å². The quantitative estimate of drug-likeness (QED) is 0.751. The van der Waals surface area contributed by atoms with Crippen molar-refractivity contribution in [1.82, 2.24) is 9.88 Å². The molecule has 0 spiro atoms. The maximum Gasteiger partial charge on any atom is 0.230 e. The van der Waals surface area contributed by atoms with E-state index in [2.05, 4.69) is 4.90 Å². The molecular weight excluding hydrogens is 332 g/mol. The Kier molecular flexibility index (Phi) is 6.16. The van der Waals surface area contributed by atoms with Crippen LogP contribution in [0.1, 0.15) is 30.7 Å². The van der Waals surface area contributed by atoms with Crippen LogP contribution in [0, 0.1) is 6.92 Å². The van der Waals surface area contributed by atoms with Crippen LogP contribution in [0.2, 0.25) is 0 Å². The first kappa shape index (κ1) is 18.7. The number of aromatic nitrogens is 1. The second-order valence-electron chi connectivity index (χ2n) is 6.66. The van der Waals surface area contributed by atoms with Gasteiger partial charge in [-0.15, -0.1) is 0 Å². The topological polar surface area (TPSA) is 57.0 Å². The van der Waals surface area contributed by atoms with Crippen molar-refractivity contribution < 1.29 is 18.6 Å². The number of ether oxygens (including phenoxy) is 3. The fraction of sp³-hybridized carbons (Fsp3) is 0.550. The van der Waals surface area contributed by atoms with E-state index < -0.39 is 0 Å². The van der Waals surface area contributed by atoms with Crippen LogP contribution in [0.25, 0.3) is 11.5 Å². The third-order valence-corrected chi connectivity index (χ3v) is 4.99. The van der Waals surface area contributed by atoms with Crippen LogP contribution in [-0.4, -0.2) is 50.4 Å². The highest BCUT2D eigenvalue weighted by molar-refractivity contribution is 5.65. The smallest absolute Gasteiger partial charge is 0.230 e. The third kappa shape index (κ3) is 4.02. The first-order chi connectivity index (χ1) is 12.7. The van der Waals surface area contributed by atoms with E-state index in [4.69, 9.17) is 23.6 Å². The number of likely N-dealkylation sites (tertiary alicyclic amines) is 1. The van der Waals surface area contributed by atoms with E-state index in [0.717, 1.165) is 42.5 Å². The zero-order valence-electron chi connectivity index (χ0n) is 16.1. The monoisotopic (exact) mass is 360 g/mol. The van der Waals surface area contributed by atoms with Crippen molar-refractivity contribution >= 4 is 0 Å². The molecule has 1 aromatic heterocycles. The molecule has 0 N–H and O–H groups in total. The molecule has 0 aliphatic carbocycles. The van der Waals surface area contributed by atoms with Gasteiger partial charge < -0.3 is 18.6 Å². The number of aryl methyl sites for hydroxylation is 1. The summed E-state index contributed by atoms with van der Waals surface area (Å²) in [5.41, 5.74) is 1.76. The van der Waals surface area contributed by atoms with Gasteiger partial charge in [0.25, 0.3) is 0 Å². The van der Waals surface area contributed by atoms with Crippen molar-refractivity contribution in [3.63, 3.8) is 0 Å². The first-order valence-electron chi connectivity index (χ1n) is 9.08. The van der Waals surface area contributed by atoms with Gasteiger partial charge in [-0.3, -0.25) is 4.90 Å². The summed E-state index contributed by atoms with van der Waals surface area (Å²) >= 11 is 0. The molecule has 1 aliphatic heterocycles. The number of hydrogen-bond donors (Lipinski definition) is 0. The molecule has 2 aromatic rings. The Hall–Kier alpha value is -2.05. The highest BCUT2D eigenvalue weighted by atomic mass is 16.5. The van der Waals surface area contributed by atoms with Crippen LogP contribution in [0.3, 0.4) is 0 Å². The van der Waals surface area contributed by atoms with Gasteiger partial charge in [0, 0.05) is 19.7 Å². The lowest BCUT2D eigenvalue weighted by molar-refractivity contribution is 0.0590. The molecule has 26 heavy (non-hydrogen) atoms. The molecule has 1 aromatic carbocycles. The van der Waals surface area contributed by atoms with Crippen LogP contribution in [0.15, 0.2) is 22.6 Å². The molecule has 1 fully saturated rings. The Morgan fingerprint density at radius 2 is 2.04 bits per heavy atom. The fourth-order valence-corrected chi connectivity index (χ4v) is 3.51. The standard InChI is InChI=1S/C20H28N2O4/c1-14-18(12-22-10-6-5-7-15(22)13-23-2)21-20(26-14)17-11-16(24-3)8-9-19(17)25-4/h8-9,11,15H,5-7,10,12-13H2,1-4H3/t15-/m0/s1. The lowest BCUT2D eigenvalue weighted by Crippen LogP contribution is -2.41. The summed E-state index contributed by atoms with van der Waals surface area (Å²) in [5, 5.41) is 0. The lowest BCUT2D eigenvalue weighted by Gasteiger charge is -2.34. The molecule has 2 heterocycles. The summed E-state index contributed by atoms with van der Waals surface area (Å²) in [5.74, 6) is 2.86. The number of methoxy groups -OCH3 is 3. The minimum Gasteiger partial charge on any atom is -0.497 e. The fourth-order valence-electron chi connectivity index (χ4n) is 3.51. The van der Waals surface area contributed by atoms with E-state index in [1.807, 2.05) is 25.1 Å². The summed E-state index contributed by atoms with van der Waals surface area (Å²) in [6.07, 6.45) is 3.64. The average molecular weight is 360 g/mol. The van der Waals surface area contributed by atoms with E-state index in [1.165, 1.54) is 19.3 Å². The molecule has 0 amide bonds. The van der Waals surface area contributed by atoms with Crippen molar-refractivity contribution in [2.45, 2.75) is 38.8 Å². The number of nitrogens with zero attached hydrogens (tertiary/aromatic N) is 2. The molecule has 6 nitrogen and oxygen atoms in total. The molecule has 1 atom stereocenters. The van der Waals surface area contributed by atoms with Gasteiger partial charge in [0.15, 0.2) is 0 Å². The van der Waals surface area contributed by atoms with Gasteiger partial charge in [0.2, 0.25) is 5.89 Å². The van der Waals surface area contributed by atoms with Gasteiger partial charge in [0.1, 0.15) is 17.3 Å². The maximum absolute atomic E-state index is 5.97. The number of rotatable bonds is 7. The molecule has 3 rings (SSSR count). The van der Waals surface area contributed by atoms with E-state index in [9.17, 15) is 0 Å². The minimum absolute atomic E-state index is 0.444. The largest absolute Gasteiger partial charge is 0.497 e. The molecule has 1 aliphatic rings. The molecular formula is C20H28N2O4. The number of hydrogen-bond acceptors (Lipinski definition) is 6. The van der Waals surface area contributed by atoms with Crippen molar-refractivity contribution in [2.75, 3.05) is 34.5 Å². The minimum atomic E-state index is 0.444. The SMILES string of the molecule is COC[C@@H]1CCCCN1Cc1nc(-c2cc(OC)ccc2OC)oc1C. The van der Waals surface area contributed by atoms with Crippen molar-refractivity contribution in [2.24, 2.45) is 0 Å². The van der Waals surface area contributed by atoms with Crippen LogP contribution >= 0.6 is 0 Å². The Morgan fingerprint density at radius 3 is 2.77 bits per heavy atom. The molecule has 0 radical (unpaired) electrons. The van der Waals surface area contributed by atoms with Crippen LogP contribution in [0.5, 0.6) is 11.5 Å². The Morgan fingerprint density at radius 1 is 1.19 bits per heavy atom. The van der Waals surface area contributed by atoms with Crippen LogP contribution in [0.4, 0.5) is 0 Å². The first-order valence-corrected chi connectivity index (χ1v) is 9.08. The van der Waals surface area contributed by atoms with Gasteiger partial charge in [-0.2, -0.15) is 0 Å². The van der Waals surface area contributed by atoms with E-state index >= 15 is 0 Å². The van der Waals surface area contributed by atoms with Crippen LogP contribution in [-0.2, 0) is 11.3 Å². The van der Waals surface area contributed by atoms with Gasteiger partial charge in [-0.25, -0.2) is 4.98 Å². The highest BCUT2D eigenvalue weighted by Gasteiger charge is 2.25. The van der Waals surface area contributed by atoms with Crippen LogP contribution < -0.4 is 9.47 Å². The second kappa shape index (κ2) is 8.56. The highest BCUT2D eigenvalue weighted by Crippen LogP contribution is 2.34. The molecule has 142 valence electrons. The van der Waals surface area contributed by atoms with E-state index in [0.29, 0.717) is 17.7 Å². The van der Waals surface area contributed by atoms with Gasteiger partial charge in [-0.1, -0.05) is 6.42 Å². The summed E-state index contributed by atoms with van der Waals surface area (Å²) in [6.45, 7) is 4.56. The Labute approximate surface area is 155 Å². The lowest BCUT2D eigenvalue weighted by atomic mass is 10.0. The molecule has 1 saturated heterocycles. The summed E-state index contributed by atoms with van der Waals surface area (Å²) in [4.78, 5) is 7.22. The Balaban J connectivity index is 1.85. The number of oxazole rings is 1. The van der Waals surface area contributed by atoms with E-state index in [-0.39, 0.29) is 0 Å². The summed E-state index contributed by atoms with van der Waals surface area (Å²) in [7, 11) is 5.05. The van der Waals surface area contributed by atoms with Gasteiger partial charge >= 0.3 is 0 Å². The summed E-state index contributed by atoms with van der Waals surface area (Å²) in [6, 6.07) is 6.07. The Bertz CT molecular complexity index is 727. The average Bonchev–Trinajstić information content (AvgIpc) is 3.03. The zero-order chi connectivity index (χ0) is 18.5. The predicted molar refractivity (Wildman–Crippen MR) is 99.7 cm³/mol. The normalized spacial score (nSPS) is 18.1. The van der Waals surface area contributed by atoms with Gasteiger partial charge in [0.05, 0.1) is 32.1 Å². The number of benzene rings is 1. The third-order valence-electron chi connectivity index (χ3n) is 4.99. The van der Waals surface area contributed by atoms with Crippen molar-refractivity contribution in [3.8, 4) is 23.0 Å². The molecule has 0 unspecified atom stereocenters. The van der Waals surface area contributed by atoms with Crippen molar-refractivity contribution in [3.05, 3.63) is 29.7 Å². The zero-order valence-corrected chi connectivity index (χ0v) is 16.1. The predicted octanol–water partition coefficient (Wildman–Crippen LogP) is 3.67. The maximum atomic E-state index is 5.97. The number of piperidine rings is 1. The second-order valence-corrected chi connectivity index (χ2v) is 6.66. The molecule has 6 heteroatoms.